The number of amides is 1. The molecule has 1 aromatic heterocycles. The molecule has 3 aromatic rings. The number of pyridine rings is 1. The van der Waals surface area contributed by atoms with Crippen molar-refractivity contribution in [2.24, 2.45) is 0 Å². The van der Waals surface area contributed by atoms with Gasteiger partial charge in [0.05, 0.1) is 12.6 Å². The third-order valence-electron chi connectivity index (χ3n) is 5.36. The van der Waals surface area contributed by atoms with Crippen LogP contribution in [-0.2, 0) is 4.79 Å². The van der Waals surface area contributed by atoms with E-state index in [0.717, 1.165) is 30.7 Å². The van der Waals surface area contributed by atoms with Gasteiger partial charge in [-0.05, 0) is 39.2 Å². The van der Waals surface area contributed by atoms with E-state index in [1.54, 1.807) is 12.3 Å². The minimum atomic E-state index is -0.0269. The first kappa shape index (κ1) is 20.7. The Bertz CT molecular complexity index is 902. The van der Waals surface area contributed by atoms with Crippen molar-refractivity contribution >= 4 is 27.7 Å². The van der Waals surface area contributed by atoms with Gasteiger partial charge in [-0.25, -0.2) is 4.98 Å². The van der Waals surface area contributed by atoms with Crippen LogP contribution in [0.3, 0.4) is 0 Å². The van der Waals surface area contributed by atoms with Gasteiger partial charge in [-0.2, -0.15) is 0 Å². The van der Waals surface area contributed by atoms with Crippen LogP contribution in [-0.4, -0.2) is 53.4 Å². The number of nitrogens with zero attached hydrogens (tertiary/aromatic N) is 3. The third kappa shape index (κ3) is 5.33. The van der Waals surface area contributed by atoms with Gasteiger partial charge >= 0.3 is 0 Å². The van der Waals surface area contributed by atoms with Crippen molar-refractivity contribution in [2.45, 2.75) is 6.04 Å². The largest absolute Gasteiger partial charge is 0.310 e. The van der Waals surface area contributed by atoms with E-state index in [-0.39, 0.29) is 11.9 Å². The number of aromatic nitrogens is 1. The summed E-state index contributed by atoms with van der Waals surface area (Å²) in [6.07, 6.45) is 1.68. The van der Waals surface area contributed by atoms with Gasteiger partial charge in [0.25, 0.3) is 0 Å². The number of nitrogens with one attached hydrogen (secondary N) is 1. The summed E-state index contributed by atoms with van der Waals surface area (Å²) in [4.78, 5) is 21.3. The second-order valence-corrected chi connectivity index (χ2v) is 8.36. The highest BCUT2D eigenvalue weighted by atomic mass is 79.9. The molecule has 0 spiro atoms. The molecule has 0 bridgehead atoms. The lowest BCUT2D eigenvalue weighted by Gasteiger charge is -2.39. The zero-order chi connectivity index (χ0) is 20.8. The smallest absolute Gasteiger partial charge is 0.239 e. The average Bonchev–Trinajstić information content (AvgIpc) is 2.78. The molecule has 1 fully saturated rings. The fourth-order valence-corrected chi connectivity index (χ4v) is 4.13. The number of anilines is 1. The van der Waals surface area contributed by atoms with E-state index in [1.807, 2.05) is 6.07 Å². The molecule has 1 N–H and O–H groups in total. The molecule has 1 aliphatic rings. The lowest BCUT2D eigenvalue weighted by Crippen LogP contribution is -2.49. The van der Waals surface area contributed by atoms with Gasteiger partial charge in [-0.3, -0.25) is 14.6 Å². The molecule has 4 rings (SSSR count). The van der Waals surface area contributed by atoms with Crippen LogP contribution in [0.4, 0.5) is 5.82 Å². The zero-order valence-electron chi connectivity index (χ0n) is 16.7. The molecule has 1 saturated heterocycles. The summed E-state index contributed by atoms with van der Waals surface area (Å²) in [5.41, 5.74) is 2.60. The fourth-order valence-electron chi connectivity index (χ4n) is 3.90. The SMILES string of the molecule is O=C(CN1CCN(C(c2ccccc2)c2ccccc2)CC1)Nc1ccc(Br)cn1. The molecule has 30 heavy (non-hydrogen) atoms. The molecule has 2 heterocycles. The van der Waals surface area contributed by atoms with E-state index in [2.05, 4.69) is 96.7 Å². The highest BCUT2D eigenvalue weighted by Gasteiger charge is 2.27. The molecule has 0 atom stereocenters. The molecular formula is C24H25BrN4O. The molecule has 0 radical (unpaired) electrons. The molecule has 2 aromatic carbocycles. The van der Waals surface area contributed by atoms with Crippen LogP contribution in [0.2, 0.25) is 0 Å². The van der Waals surface area contributed by atoms with Gasteiger partial charge in [0.1, 0.15) is 5.82 Å². The van der Waals surface area contributed by atoms with Gasteiger partial charge in [-0.15, -0.1) is 0 Å². The predicted octanol–water partition coefficient (Wildman–Crippen LogP) is 4.19. The maximum Gasteiger partial charge on any atom is 0.239 e. The first-order chi connectivity index (χ1) is 14.7. The summed E-state index contributed by atoms with van der Waals surface area (Å²) < 4.78 is 0.892. The van der Waals surface area contributed by atoms with E-state index in [4.69, 9.17) is 0 Å². The third-order valence-corrected chi connectivity index (χ3v) is 5.83. The van der Waals surface area contributed by atoms with Crippen LogP contribution in [0.5, 0.6) is 0 Å². The maximum absolute atomic E-state index is 12.4. The Morgan fingerprint density at radius 3 is 2.03 bits per heavy atom. The Kier molecular flexibility index (Phi) is 6.89. The van der Waals surface area contributed by atoms with Crippen molar-refractivity contribution in [3.8, 4) is 0 Å². The monoisotopic (exact) mass is 464 g/mol. The molecule has 6 heteroatoms. The summed E-state index contributed by atoms with van der Waals surface area (Å²) in [5, 5.41) is 2.88. The summed E-state index contributed by atoms with van der Waals surface area (Å²) in [6, 6.07) is 25.2. The molecule has 154 valence electrons. The molecule has 1 aliphatic heterocycles. The standard InChI is InChI=1S/C24H25BrN4O/c25-21-11-12-22(26-17-21)27-23(30)18-28-13-15-29(16-14-28)24(19-7-3-1-4-8-19)20-9-5-2-6-10-20/h1-12,17,24H,13-16,18H2,(H,26,27,30). The Hall–Kier alpha value is -2.54. The highest BCUT2D eigenvalue weighted by Crippen LogP contribution is 2.29. The van der Waals surface area contributed by atoms with E-state index in [9.17, 15) is 4.79 Å². The maximum atomic E-state index is 12.4. The van der Waals surface area contributed by atoms with Gasteiger partial charge in [0.2, 0.25) is 5.91 Å². The lowest BCUT2D eigenvalue weighted by atomic mass is 9.96. The van der Waals surface area contributed by atoms with Crippen LogP contribution < -0.4 is 5.32 Å². The lowest BCUT2D eigenvalue weighted by molar-refractivity contribution is -0.117. The van der Waals surface area contributed by atoms with Crippen molar-refractivity contribution in [1.82, 2.24) is 14.8 Å². The molecule has 0 unspecified atom stereocenters. The number of hydrogen-bond acceptors (Lipinski definition) is 4. The van der Waals surface area contributed by atoms with Crippen LogP contribution >= 0.6 is 15.9 Å². The number of halogens is 1. The van der Waals surface area contributed by atoms with Gasteiger partial charge in [0.15, 0.2) is 0 Å². The van der Waals surface area contributed by atoms with E-state index in [1.165, 1.54) is 11.1 Å². The van der Waals surface area contributed by atoms with E-state index >= 15 is 0 Å². The summed E-state index contributed by atoms with van der Waals surface area (Å²) in [6.45, 7) is 3.93. The predicted molar refractivity (Wildman–Crippen MR) is 123 cm³/mol. The topological polar surface area (TPSA) is 48.5 Å². The molecule has 0 saturated carbocycles. The Morgan fingerprint density at radius 1 is 0.900 bits per heavy atom. The van der Waals surface area contributed by atoms with Crippen molar-refractivity contribution in [1.29, 1.82) is 0 Å². The highest BCUT2D eigenvalue weighted by molar-refractivity contribution is 9.10. The molecule has 0 aliphatic carbocycles. The summed E-state index contributed by atoms with van der Waals surface area (Å²) in [5.74, 6) is 0.552. The second-order valence-electron chi connectivity index (χ2n) is 7.45. The van der Waals surface area contributed by atoms with Crippen LogP contribution in [0.25, 0.3) is 0 Å². The quantitative estimate of drug-likeness (QED) is 0.593. The Morgan fingerprint density at radius 2 is 1.50 bits per heavy atom. The van der Waals surface area contributed by atoms with Crippen molar-refractivity contribution in [3.05, 3.63) is 94.6 Å². The van der Waals surface area contributed by atoms with Crippen LogP contribution in [0.1, 0.15) is 17.2 Å². The van der Waals surface area contributed by atoms with E-state index in [0.29, 0.717) is 12.4 Å². The van der Waals surface area contributed by atoms with Crippen molar-refractivity contribution < 1.29 is 4.79 Å². The van der Waals surface area contributed by atoms with Crippen LogP contribution in [0, 0.1) is 0 Å². The number of benzene rings is 2. The minimum Gasteiger partial charge on any atom is -0.310 e. The first-order valence-corrected chi connectivity index (χ1v) is 11.0. The summed E-state index contributed by atoms with van der Waals surface area (Å²) in [7, 11) is 0. The number of hydrogen-bond donors (Lipinski definition) is 1. The normalized spacial score (nSPS) is 15.3. The Labute approximate surface area is 185 Å². The van der Waals surface area contributed by atoms with Gasteiger partial charge in [-0.1, -0.05) is 60.7 Å². The number of carbonyl (C=O) groups is 1. The number of piperazine rings is 1. The molecule has 1 amide bonds. The number of rotatable bonds is 6. The fraction of sp³-hybridized carbons (Fsp3) is 0.250. The average molecular weight is 465 g/mol. The first-order valence-electron chi connectivity index (χ1n) is 10.2. The van der Waals surface area contributed by atoms with Gasteiger partial charge in [0, 0.05) is 36.8 Å². The minimum absolute atomic E-state index is 0.0269. The van der Waals surface area contributed by atoms with E-state index < -0.39 is 0 Å². The molecule has 5 nitrogen and oxygen atoms in total. The Balaban J connectivity index is 1.37. The zero-order valence-corrected chi connectivity index (χ0v) is 18.3. The van der Waals surface area contributed by atoms with Crippen molar-refractivity contribution in [2.75, 3.05) is 38.0 Å². The van der Waals surface area contributed by atoms with Gasteiger partial charge < -0.3 is 5.32 Å². The van der Waals surface area contributed by atoms with Crippen LogP contribution in [0.15, 0.2) is 83.5 Å². The van der Waals surface area contributed by atoms with Crippen molar-refractivity contribution in [3.63, 3.8) is 0 Å². The molecular weight excluding hydrogens is 440 g/mol. The summed E-state index contributed by atoms with van der Waals surface area (Å²) >= 11 is 3.35. The number of carbonyl (C=O) groups excluding carboxylic acids is 1. The second kappa shape index (κ2) is 9.98.